The van der Waals surface area contributed by atoms with Gasteiger partial charge in [-0.25, -0.2) is 6.57 Å². The molecule has 0 aliphatic heterocycles. The van der Waals surface area contributed by atoms with Gasteiger partial charge in [-0.15, -0.1) is 0 Å². The van der Waals surface area contributed by atoms with Crippen molar-refractivity contribution >= 4 is 10.8 Å². The van der Waals surface area contributed by atoms with Gasteiger partial charge in [0.15, 0.2) is 0 Å². The van der Waals surface area contributed by atoms with Gasteiger partial charge in [-0.2, -0.15) is 0 Å². The molecule has 0 spiro atoms. The third kappa shape index (κ3) is 1.59. The maximum absolute atomic E-state index is 7.10. The van der Waals surface area contributed by atoms with Gasteiger partial charge >= 0.3 is 0 Å². The Morgan fingerprint density at radius 2 is 1.73 bits per heavy atom. The fourth-order valence-corrected chi connectivity index (χ4v) is 1.91. The van der Waals surface area contributed by atoms with E-state index in [2.05, 4.69) is 36.0 Å². The van der Waals surface area contributed by atoms with Gasteiger partial charge in [0.1, 0.15) is 0 Å². The summed E-state index contributed by atoms with van der Waals surface area (Å²) in [6, 6.07) is 12.4. The van der Waals surface area contributed by atoms with E-state index in [1.807, 2.05) is 19.1 Å². The second kappa shape index (κ2) is 3.74. The molecule has 15 heavy (non-hydrogen) atoms. The van der Waals surface area contributed by atoms with Crippen molar-refractivity contribution in [3.05, 3.63) is 58.9 Å². The van der Waals surface area contributed by atoms with Crippen molar-refractivity contribution in [3.63, 3.8) is 0 Å². The first-order valence-electron chi connectivity index (χ1n) is 5.09. The second-order valence-corrected chi connectivity index (χ2v) is 3.82. The van der Waals surface area contributed by atoms with Crippen LogP contribution in [0.3, 0.4) is 0 Å². The fraction of sp³-hybridized carbons (Fsp3) is 0.214. The Labute approximate surface area is 90.2 Å². The molecule has 0 saturated carbocycles. The minimum absolute atomic E-state index is 0.0597. The van der Waals surface area contributed by atoms with Gasteiger partial charge in [-0.3, -0.25) is 0 Å². The Balaban J connectivity index is 2.78. The third-order valence-corrected chi connectivity index (χ3v) is 2.82. The van der Waals surface area contributed by atoms with Gasteiger partial charge in [0.05, 0.1) is 0 Å². The number of nitrogens with zero attached hydrogens (tertiary/aromatic N) is 1. The largest absolute Gasteiger partial charge is 0.309 e. The van der Waals surface area contributed by atoms with Crippen LogP contribution in [0.1, 0.15) is 24.1 Å². The minimum Gasteiger partial charge on any atom is -0.309 e. The molecule has 1 atom stereocenters. The zero-order valence-corrected chi connectivity index (χ0v) is 8.99. The highest BCUT2D eigenvalue weighted by Gasteiger charge is 2.12. The molecule has 0 fully saturated rings. The molecule has 0 aliphatic rings. The topological polar surface area (TPSA) is 4.36 Å². The van der Waals surface area contributed by atoms with E-state index >= 15 is 0 Å². The highest BCUT2D eigenvalue weighted by molar-refractivity contribution is 5.89. The summed E-state index contributed by atoms with van der Waals surface area (Å²) in [6.07, 6.45) is 0. The number of hydrogen-bond acceptors (Lipinski definition) is 0. The Morgan fingerprint density at radius 1 is 1.07 bits per heavy atom. The van der Waals surface area contributed by atoms with Crippen molar-refractivity contribution in [2.45, 2.75) is 19.9 Å². The first kappa shape index (κ1) is 9.73. The SMILES string of the molecule is [C-]#[N+]C(C)c1ccc(C)c2ccccc12. The maximum atomic E-state index is 7.10. The first-order valence-corrected chi connectivity index (χ1v) is 5.09. The zero-order chi connectivity index (χ0) is 10.8. The maximum Gasteiger partial charge on any atom is 0.246 e. The summed E-state index contributed by atoms with van der Waals surface area (Å²) in [7, 11) is 0. The number of fused-ring (bicyclic) bond motifs is 1. The zero-order valence-electron chi connectivity index (χ0n) is 8.99. The van der Waals surface area contributed by atoms with Gasteiger partial charge in [0.25, 0.3) is 0 Å². The Kier molecular flexibility index (Phi) is 2.43. The van der Waals surface area contributed by atoms with Crippen LogP contribution < -0.4 is 0 Å². The van der Waals surface area contributed by atoms with Crippen molar-refractivity contribution in [3.8, 4) is 0 Å². The van der Waals surface area contributed by atoms with Crippen LogP contribution in [-0.4, -0.2) is 0 Å². The molecule has 0 heterocycles. The van der Waals surface area contributed by atoms with E-state index < -0.39 is 0 Å². The molecule has 74 valence electrons. The fourth-order valence-electron chi connectivity index (χ4n) is 1.91. The first-order chi connectivity index (χ1) is 7.24. The van der Waals surface area contributed by atoms with Crippen molar-refractivity contribution in [2.24, 2.45) is 0 Å². The van der Waals surface area contributed by atoms with Crippen LogP contribution in [0.25, 0.3) is 15.6 Å². The van der Waals surface area contributed by atoms with Crippen LogP contribution >= 0.6 is 0 Å². The van der Waals surface area contributed by atoms with E-state index in [1.54, 1.807) is 0 Å². The molecule has 1 heteroatoms. The molecule has 2 aromatic carbocycles. The van der Waals surface area contributed by atoms with E-state index in [4.69, 9.17) is 6.57 Å². The summed E-state index contributed by atoms with van der Waals surface area (Å²) in [5, 5.41) is 2.46. The smallest absolute Gasteiger partial charge is 0.246 e. The van der Waals surface area contributed by atoms with Crippen molar-refractivity contribution in [1.82, 2.24) is 0 Å². The number of aryl methyl sites for hydroxylation is 1. The number of rotatable bonds is 1. The summed E-state index contributed by atoms with van der Waals surface area (Å²) in [5.41, 5.74) is 2.40. The van der Waals surface area contributed by atoms with Crippen LogP contribution in [0.15, 0.2) is 36.4 Å². The lowest BCUT2D eigenvalue weighted by Gasteiger charge is -2.07. The van der Waals surface area contributed by atoms with Crippen LogP contribution in [-0.2, 0) is 0 Å². The van der Waals surface area contributed by atoms with Crippen LogP contribution in [0.4, 0.5) is 0 Å². The summed E-state index contributed by atoms with van der Waals surface area (Å²) in [6.45, 7) is 11.2. The predicted octanol–water partition coefficient (Wildman–Crippen LogP) is 4.13. The molecule has 1 nitrogen and oxygen atoms in total. The summed E-state index contributed by atoms with van der Waals surface area (Å²) >= 11 is 0. The van der Waals surface area contributed by atoms with Gasteiger partial charge in [0, 0.05) is 12.5 Å². The standard InChI is InChI=1S/C14H13N/c1-10-8-9-13(11(2)15-3)14-7-5-4-6-12(10)14/h4-9,11H,1-2H3. The predicted molar refractivity (Wildman–Crippen MR) is 63.7 cm³/mol. The number of benzene rings is 2. The summed E-state index contributed by atoms with van der Waals surface area (Å²) in [4.78, 5) is 3.59. The molecule has 0 aromatic heterocycles. The van der Waals surface area contributed by atoms with Crippen molar-refractivity contribution in [1.29, 1.82) is 0 Å². The Morgan fingerprint density at radius 3 is 2.40 bits per heavy atom. The molecule has 0 N–H and O–H groups in total. The highest BCUT2D eigenvalue weighted by Crippen LogP contribution is 2.28. The summed E-state index contributed by atoms with van der Waals surface area (Å²) in [5.74, 6) is 0. The normalized spacial score (nSPS) is 12.3. The lowest BCUT2D eigenvalue weighted by molar-refractivity contribution is 0.973. The summed E-state index contributed by atoms with van der Waals surface area (Å²) < 4.78 is 0. The van der Waals surface area contributed by atoms with Crippen molar-refractivity contribution in [2.75, 3.05) is 0 Å². The van der Waals surface area contributed by atoms with E-state index in [0.717, 1.165) is 5.56 Å². The van der Waals surface area contributed by atoms with Gasteiger partial charge in [0.2, 0.25) is 6.04 Å². The van der Waals surface area contributed by atoms with Crippen LogP contribution in [0.5, 0.6) is 0 Å². The highest BCUT2D eigenvalue weighted by atomic mass is 14.7. The molecule has 2 rings (SSSR count). The molecule has 2 aromatic rings. The quantitative estimate of drug-likeness (QED) is 0.603. The van der Waals surface area contributed by atoms with Crippen LogP contribution in [0.2, 0.25) is 0 Å². The van der Waals surface area contributed by atoms with E-state index in [1.165, 1.54) is 16.3 Å². The lowest BCUT2D eigenvalue weighted by atomic mass is 9.97. The van der Waals surface area contributed by atoms with Crippen molar-refractivity contribution < 1.29 is 0 Å². The number of hydrogen-bond donors (Lipinski definition) is 0. The van der Waals surface area contributed by atoms with E-state index in [-0.39, 0.29) is 6.04 Å². The van der Waals surface area contributed by atoms with Gasteiger partial charge < -0.3 is 4.85 Å². The monoisotopic (exact) mass is 195 g/mol. The van der Waals surface area contributed by atoms with Gasteiger partial charge in [-0.05, 0) is 23.3 Å². The Bertz CT molecular complexity index is 535. The van der Waals surface area contributed by atoms with Crippen LogP contribution in [0, 0.1) is 13.5 Å². The average molecular weight is 195 g/mol. The van der Waals surface area contributed by atoms with E-state index in [9.17, 15) is 0 Å². The van der Waals surface area contributed by atoms with Gasteiger partial charge in [-0.1, -0.05) is 36.4 Å². The molecular weight excluding hydrogens is 182 g/mol. The molecule has 0 radical (unpaired) electrons. The average Bonchev–Trinajstić information content (AvgIpc) is 2.29. The molecule has 1 unspecified atom stereocenters. The molecule has 0 saturated heterocycles. The molecule has 0 aliphatic carbocycles. The Hall–Kier alpha value is -1.81. The molecule has 0 amide bonds. The molecule has 0 bridgehead atoms. The lowest BCUT2D eigenvalue weighted by Crippen LogP contribution is -1.90. The minimum atomic E-state index is -0.0597. The van der Waals surface area contributed by atoms with E-state index in [0.29, 0.717) is 0 Å². The second-order valence-electron chi connectivity index (χ2n) is 3.82. The third-order valence-electron chi connectivity index (χ3n) is 2.82. The molecular formula is C14H13N.